The van der Waals surface area contributed by atoms with Crippen molar-refractivity contribution in [1.29, 1.82) is 0 Å². The maximum atomic E-state index is 5.32. The molecule has 0 amide bonds. The zero-order valence-corrected chi connectivity index (χ0v) is 16.5. The van der Waals surface area contributed by atoms with E-state index in [0.717, 1.165) is 50.9 Å². The Morgan fingerprint density at radius 2 is 2.14 bits per heavy atom. The van der Waals surface area contributed by atoms with Gasteiger partial charge < -0.3 is 19.8 Å². The molecule has 0 aliphatic heterocycles. The van der Waals surface area contributed by atoms with Crippen molar-refractivity contribution in [2.24, 2.45) is 4.99 Å². The Morgan fingerprint density at radius 3 is 2.73 bits per heavy atom. The summed E-state index contributed by atoms with van der Waals surface area (Å²) in [6, 6.07) is 3.89. The van der Waals surface area contributed by atoms with Crippen molar-refractivity contribution in [2.45, 2.75) is 46.1 Å². The van der Waals surface area contributed by atoms with Crippen molar-refractivity contribution in [3.05, 3.63) is 24.2 Å². The number of rotatable bonds is 8. The quantitative estimate of drug-likeness (QED) is 0.292. The molecule has 1 aromatic rings. The predicted molar refractivity (Wildman–Crippen MR) is 102 cm³/mol. The third-order valence-electron chi connectivity index (χ3n) is 2.66. The van der Waals surface area contributed by atoms with Crippen LogP contribution in [-0.2, 0) is 11.2 Å². The summed E-state index contributed by atoms with van der Waals surface area (Å²) in [6.07, 6.45) is 3.48. The van der Waals surface area contributed by atoms with Crippen molar-refractivity contribution >= 4 is 29.9 Å². The summed E-state index contributed by atoms with van der Waals surface area (Å²) in [5.74, 6) is 1.82. The van der Waals surface area contributed by atoms with Gasteiger partial charge in [0.15, 0.2) is 5.96 Å². The van der Waals surface area contributed by atoms with Crippen LogP contribution in [0.25, 0.3) is 0 Å². The zero-order chi connectivity index (χ0) is 15.6. The SMILES string of the molecule is CCOCCCN=C(NCCc1ccco1)NC(C)(C)C.I. The fourth-order valence-electron chi connectivity index (χ4n) is 1.76. The Hall–Kier alpha value is -0.760. The second-order valence-corrected chi connectivity index (χ2v) is 5.91. The molecule has 5 nitrogen and oxygen atoms in total. The van der Waals surface area contributed by atoms with Crippen LogP contribution in [0.4, 0.5) is 0 Å². The van der Waals surface area contributed by atoms with Crippen LogP contribution in [-0.4, -0.2) is 37.8 Å². The van der Waals surface area contributed by atoms with Crippen molar-refractivity contribution in [3.8, 4) is 0 Å². The maximum Gasteiger partial charge on any atom is 0.191 e. The Morgan fingerprint density at radius 1 is 1.36 bits per heavy atom. The van der Waals surface area contributed by atoms with Crippen molar-refractivity contribution in [3.63, 3.8) is 0 Å². The molecule has 0 spiro atoms. The van der Waals surface area contributed by atoms with E-state index in [0.29, 0.717) is 0 Å². The first-order chi connectivity index (χ1) is 10.0. The largest absolute Gasteiger partial charge is 0.469 e. The van der Waals surface area contributed by atoms with E-state index in [2.05, 4.69) is 36.4 Å². The van der Waals surface area contributed by atoms with E-state index in [1.807, 2.05) is 19.1 Å². The lowest BCUT2D eigenvalue weighted by molar-refractivity contribution is 0.146. The Balaban J connectivity index is 0.00000441. The zero-order valence-electron chi connectivity index (χ0n) is 14.1. The molecule has 0 aromatic carbocycles. The van der Waals surface area contributed by atoms with Crippen molar-refractivity contribution in [2.75, 3.05) is 26.3 Å². The van der Waals surface area contributed by atoms with Crippen LogP contribution < -0.4 is 10.6 Å². The standard InChI is InChI=1S/C16H29N3O2.HI/c1-5-20-12-7-10-17-15(19-16(2,3)4)18-11-9-14-8-6-13-21-14;/h6,8,13H,5,7,9-12H2,1-4H3,(H2,17,18,19);1H. The van der Waals surface area contributed by atoms with Gasteiger partial charge in [-0.05, 0) is 46.2 Å². The molecule has 128 valence electrons. The summed E-state index contributed by atoms with van der Waals surface area (Å²) in [7, 11) is 0. The minimum Gasteiger partial charge on any atom is -0.469 e. The minimum absolute atomic E-state index is 0. The molecule has 0 atom stereocenters. The number of hydrogen-bond donors (Lipinski definition) is 2. The van der Waals surface area contributed by atoms with Crippen LogP contribution in [0.2, 0.25) is 0 Å². The number of aliphatic imine (C=N–C) groups is 1. The van der Waals surface area contributed by atoms with Gasteiger partial charge in [0.1, 0.15) is 5.76 Å². The van der Waals surface area contributed by atoms with Gasteiger partial charge in [0.25, 0.3) is 0 Å². The second kappa shape index (κ2) is 11.8. The van der Waals surface area contributed by atoms with E-state index in [4.69, 9.17) is 9.15 Å². The lowest BCUT2D eigenvalue weighted by atomic mass is 10.1. The van der Waals surface area contributed by atoms with Gasteiger partial charge in [0.05, 0.1) is 6.26 Å². The number of nitrogens with zero attached hydrogens (tertiary/aromatic N) is 1. The molecule has 0 bridgehead atoms. The molecule has 22 heavy (non-hydrogen) atoms. The smallest absolute Gasteiger partial charge is 0.191 e. The highest BCUT2D eigenvalue weighted by Gasteiger charge is 2.11. The van der Waals surface area contributed by atoms with Crippen LogP contribution in [0.1, 0.15) is 39.9 Å². The van der Waals surface area contributed by atoms with Gasteiger partial charge in [-0.3, -0.25) is 4.99 Å². The number of nitrogens with one attached hydrogen (secondary N) is 2. The van der Waals surface area contributed by atoms with Crippen LogP contribution in [0.3, 0.4) is 0 Å². The van der Waals surface area contributed by atoms with E-state index in [-0.39, 0.29) is 29.5 Å². The third kappa shape index (κ3) is 10.9. The van der Waals surface area contributed by atoms with E-state index >= 15 is 0 Å². The van der Waals surface area contributed by atoms with Gasteiger partial charge in [-0.15, -0.1) is 24.0 Å². The summed E-state index contributed by atoms with van der Waals surface area (Å²) in [5.41, 5.74) is -0.0174. The normalized spacial score (nSPS) is 11.9. The van der Waals surface area contributed by atoms with Gasteiger partial charge in [-0.1, -0.05) is 0 Å². The molecule has 0 fully saturated rings. The highest BCUT2D eigenvalue weighted by molar-refractivity contribution is 14.0. The lowest BCUT2D eigenvalue weighted by Crippen LogP contribution is -2.48. The number of furan rings is 1. The monoisotopic (exact) mass is 423 g/mol. The van der Waals surface area contributed by atoms with Crippen molar-refractivity contribution in [1.82, 2.24) is 10.6 Å². The summed E-state index contributed by atoms with van der Waals surface area (Å²) in [4.78, 5) is 4.58. The topological polar surface area (TPSA) is 58.8 Å². The van der Waals surface area contributed by atoms with E-state index in [9.17, 15) is 0 Å². The first-order valence-electron chi connectivity index (χ1n) is 7.68. The number of ether oxygens (including phenoxy) is 1. The summed E-state index contributed by atoms with van der Waals surface area (Å²) in [5, 5.41) is 6.74. The molecule has 0 saturated carbocycles. The van der Waals surface area contributed by atoms with Crippen LogP contribution in [0, 0.1) is 0 Å². The van der Waals surface area contributed by atoms with Gasteiger partial charge in [-0.2, -0.15) is 0 Å². The molecular formula is C16H30IN3O2. The Kier molecular flexibility index (Phi) is 11.4. The number of halogens is 1. The molecule has 6 heteroatoms. The molecule has 0 saturated heterocycles. The predicted octanol–water partition coefficient (Wildman–Crippen LogP) is 3.20. The molecule has 1 heterocycles. The van der Waals surface area contributed by atoms with E-state index in [1.165, 1.54) is 0 Å². The molecule has 1 rings (SSSR count). The van der Waals surface area contributed by atoms with Crippen LogP contribution in [0.5, 0.6) is 0 Å². The van der Waals surface area contributed by atoms with E-state index < -0.39 is 0 Å². The summed E-state index contributed by atoms with van der Waals surface area (Å²) in [6.45, 7) is 11.4. The Labute approximate surface area is 151 Å². The molecular weight excluding hydrogens is 393 g/mol. The van der Waals surface area contributed by atoms with Gasteiger partial charge in [-0.25, -0.2) is 0 Å². The van der Waals surface area contributed by atoms with Gasteiger partial charge >= 0.3 is 0 Å². The maximum absolute atomic E-state index is 5.32. The molecule has 0 aliphatic rings. The first-order valence-corrected chi connectivity index (χ1v) is 7.68. The number of hydrogen-bond acceptors (Lipinski definition) is 3. The van der Waals surface area contributed by atoms with Crippen LogP contribution in [0.15, 0.2) is 27.8 Å². The molecule has 0 unspecified atom stereocenters. The lowest BCUT2D eigenvalue weighted by Gasteiger charge is -2.24. The van der Waals surface area contributed by atoms with Crippen molar-refractivity contribution < 1.29 is 9.15 Å². The van der Waals surface area contributed by atoms with E-state index in [1.54, 1.807) is 6.26 Å². The average Bonchev–Trinajstić information content (AvgIpc) is 2.89. The number of guanidine groups is 1. The summed E-state index contributed by atoms with van der Waals surface area (Å²) >= 11 is 0. The molecule has 2 N–H and O–H groups in total. The summed E-state index contributed by atoms with van der Waals surface area (Å²) < 4.78 is 10.6. The van der Waals surface area contributed by atoms with Gasteiger partial charge in [0, 0.05) is 38.3 Å². The third-order valence-corrected chi connectivity index (χ3v) is 2.66. The fourth-order valence-corrected chi connectivity index (χ4v) is 1.76. The van der Waals surface area contributed by atoms with Crippen LogP contribution >= 0.6 is 24.0 Å². The first kappa shape index (κ1) is 21.2. The Bertz CT molecular complexity index is 400. The average molecular weight is 423 g/mol. The highest BCUT2D eigenvalue weighted by atomic mass is 127. The fraction of sp³-hybridized carbons (Fsp3) is 0.688. The molecule has 1 aromatic heterocycles. The van der Waals surface area contributed by atoms with Gasteiger partial charge in [0.2, 0.25) is 0 Å². The second-order valence-electron chi connectivity index (χ2n) is 5.91. The molecule has 0 radical (unpaired) electrons. The highest BCUT2D eigenvalue weighted by Crippen LogP contribution is 2.01. The minimum atomic E-state index is -0.0174. The molecule has 0 aliphatic carbocycles.